The molecule has 1 saturated heterocycles. The smallest absolute Gasteiger partial charge is 0.252 e. The Balaban J connectivity index is 1.50. The fraction of sp³-hybridized carbons (Fsp3) is 0.462. The highest BCUT2D eigenvalue weighted by Gasteiger charge is 2.28. The third kappa shape index (κ3) is 5.06. The van der Waals surface area contributed by atoms with Crippen molar-refractivity contribution >= 4 is 10.9 Å². The molecule has 9 heteroatoms. The van der Waals surface area contributed by atoms with Gasteiger partial charge in [-0.25, -0.2) is 4.68 Å². The number of H-pyrrole nitrogens is 1. The van der Waals surface area contributed by atoms with Crippen LogP contribution in [-0.2, 0) is 24.4 Å². The molecule has 4 heterocycles. The summed E-state index contributed by atoms with van der Waals surface area (Å²) in [5, 5.41) is 13.7. The highest BCUT2D eigenvalue weighted by molar-refractivity contribution is 5.82. The van der Waals surface area contributed by atoms with Gasteiger partial charge >= 0.3 is 0 Å². The van der Waals surface area contributed by atoms with E-state index in [0.717, 1.165) is 53.9 Å². The summed E-state index contributed by atoms with van der Waals surface area (Å²) in [5.41, 5.74) is 3.74. The van der Waals surface area contributed by atoms with Gasteiger partial charge in [-0.05, 0) is 78.8 Å². The van der Waals surface area contributed by atoms with Gasteiger partial charge in [-0.2, -0.15) is 0 Å². The van der Waals surface area contributed by atoms with E-state index < -0.39 is 0 Å². The van der Waals surface area contributed by atoms with Crippen molar-refractivity contribution in [2.75, 3.05) is 6.61 Å². The molecule has 2 atom stereocenters. The number of aryl methyl sites for hydroxylation is 2. The maximum atomic E-state index is 13.1. The van der Waals surface area contributed by atoms with Crippen molar-refractivity contribution in [2.45, 2.75) is 71.8 Å². The van der Waals surface area contributed by atoms with Crippen LogP contribution < -0.4 is 5.56 Å². The summed E-state index contributed by atoms with van der Waals surface area (Å²) in [6, 6.07) is 9.92. The molecule has 9 nitrogen and oxygen atoms in total. The van der Waals surface area contributed by atoms with Crippen molar-refractivity contribution in [1.82, 2.24) is 30.1 Å². The molecule has 0 bridgehead atoms. The molecule has 184 valence electrons. The number of aromatic amines is 1. The molecule has 0 saturated carbocycles. The average molecular weight is 477 g/mol. The van der Waals surface area contributed by atoms with Crippen LogP contribution in [0.25, 0.3) is 10.9 Å². The van der Waals surface area contributed by atoms with E-state index in [2.05, 4.69) is 51.4 Å². The van der Waals surface area contributed by atoms with Crippen LogP contribution in [0.1, 0.15) is 60.5 Å². The molecule has 1 aromatic carbocycles. The SMILES string of the molecule is CC[C@@H](c1nnnn1C[C@H]1CCCO1)N(Cc1ccco1)Cc1cc2cc(C)cc(C)c2[nH]c1=O. The molecular formula is C26H32N6O3. The lowest BCUT2D eigenvalue weighted by Crippen LogP contribution is -2.33. The standard InChI is InChI=1S/C26H32N6O3/c1-4-23(25-28-29-30-32(25)16-22-8-6-10-35-22)31(15-21-7-5-9-34-21)14-20-13-19-12-17(2)11-18(3)24(19)27-26(20)33/h5,7,9,11-13,22-23H,4,6,8,10,14-16H2,1-3H3,(H,27,33)/t22-,23+/m1/s1. The minimum absolute atomic E-state index is 0.0808. The Morgan fingerprint density at radius 2 is 2.14 bits per heavy atom. The van der Waals surface area contributed by atoms with Crippen molar-refractivity contribution in [3.05, 3.63) is 75.2 Å². The first-order valence-corrected chi connectivity index (χ1v) is 12.3. The first-order valence-electron chi connectivity index (χ1n) is 12.3. The fourth-order valence-corrected chi connectivity index (χ4v) is 5.11. The summed E-state index contributed by atoms with van der Waals surface area (Å²) < 4.78 is 13.4. The molecular weight excluding hydrogens is 444 g/mol. The van der Waals surface area contributed by atoms with Crippen molar-refractivity contribution in [1.29, 1.82) is 0 Å². The highest BCUT2D eigenvalue weighted by atomic mass is 16.5. The molecule has 0 amide bonds. The van der Waals surface area contributed by atoms with Gasteiger partial charge in [0.15, 0.2) is 5.82 Å². The average Bonchev–Trinajstić information content (AvgIpc) is 3.60. The summed E-state index contributed by atoms with van der Waals surface area (Å²) in [7, 11) is 0. The second-order valence-corrected chi connectivity index (χ2v) is 9.43. The molecule has 0 spiro atoms. The van der Waals surface area contributed by atoms with Crippen molar-refractivity contribution in [2.24, 2.45) is 0 Å². The maximum Gasteiger partial charge on any atom is 0.252 e. The van der Waals surface area contributed by atoms with Crippen LogP contribution in [0.15, 0.2) is 45.8 Å². The Morgan fingerprint density at radius 3 is 2.89 bits per heavy atom. The lowest BCUT2D eigenvalue weighted by molar-refractivity contribution is 0.0882. The predicted molar refractivity (Wildman–Crippen MR) is 132 cm³/mol. The van der Waals surface area contributed by atoms with Gasteiger partial charge in [0.05, 0.1) is 37.0 Å². The summed E-state index contributed by atoms with van der Waals surface area (Å²) in [4.78, 5) is 18.5. The molecule has 0 aliphatic carbocycles. The second kappa shape index (κ2) is 10.1. The van der Waals surface area contributed by atoms with E-state index in [1.54, 1.807) is 6.26 Å². The summed E-state index contributed by atoms with van der Waals surface area (Å²) in [5.74, 6) is 1.60. The predicted octanol–water partition coefficient (Wildman–Crippen LogP) is 4.06. The third-order valence-electron chi connectivity index (χ3n) is 6.77. The quantitative estimate of drug-likeness (QED) is 0.389. The third-order valence-corrected chi connectivity index (χ3v) is 6.77. The van der Waals surface area contributed by atoms with Crippen LogP contribution in [0, 0.1) is 13.8 Å². The summed E-state index contributed by atoms with van der Waals surface area (Å²) in [6.45, 7) is 8.59. The Labute approximate surface area is 204 Å². The molecule has 4 aromatic rings. The van der Waals surface area contributed by atoms with E-state index in [0.29, 0.717) is 25.2 Å². The van der Waals surface area contributed by atoms with Gasteiger partial charge < -0.3 is 14.1 Å². The van der Waals surface area contributed by atoms with Gasteiger partial charge in [0.2, 0.25) is 0 Å². The van der Waals surface area contributed by atoms with Crippen LogP contribution in [0.3, 0.4) is 0 Å². The molecule has 5 rings (SSSR count). The molecule has 1 N–H and O–H groups in total. The van der Waals surface area contributed by atoms with Crippen LogP contribution in [0.2, 0.25) is 0 Å². The second-order valence-electron chi connectivity index (χ2n) is 9.43. The van der Waals surface area contributed by atoms with Gasteiger partial charge in [-0.1, -0.05) is 18.6 Å². The van der Waals surface area contributed by atoms with Gasteiger partial charge in [-0.15, -0.1) is 5.10 Å². The number of ether oxygens (including phenoxy) is 1. The van der Waals surface area contributed by atoms with Crippen LogP contribution in [0.4, 0.5) is 0 Å². The van der Waals surface area contributed by atoms with Gasteiger partial charge in [0.25, 0.3) is 5.56 Å². The van der Waals surface area contributed by atoms with Gasteiger partial charge in [0, 0.05) is 18.7 Å². The molecule has 0 radical (unpaired) electrons. The van der Waals surface area contributed by atoms with E-state index in [-0.39, 0.29) is 17.7 Å². The number of benzene rings is 1. The monoisotopic (exact) mass is 476 g/mol. The fourth-order valence-electron chi connectivity index (χ4n) is 5.11. The number of fused-ring (bicyclic) bond motifs is 1. The molecule has 1 aliphatic rings. The van der Waals surface area contributed by atoms with Crippen molar-refractivity contribution in [3.8, 4) is 0 Å². The van der Waals surface area contributed by atoms with Crippen LogP contribution in [0.5, 0.6) is 0 Å². The number of aromatic nitrogens is 5. The zero-order valence-electron chi connectivity index (χ0n) is 20.5. The molecule has 35 heavy (non-hydrogen) atoms. The van der Waals surface area contributed by atoms with Crippen LogP contribution in [-0.4, -0.2) is 42.8 Å². The van der Waals surface area contributed by atoms with E-state index >= 15 is 0 Å². The molecule has 1 fully saturated rings. The first kappa shape index (κ1) is 23.4. The van der Waals surface area contributed by atoms with Crippen molar-refractivity contribution < 1.29 is 9.15 Å². The van der Waals surface area contributed by atoms with Gasteiger partial charge in [-0.3, -0.25) is 9.69 Å². The van der Waals surface area contributed by atoms with E-state index in [1.165, 1.54) is 5.56 Å². The first-order chi connectivity index (χ1) is 17.0. The number of pyridine rings is 1. The Morgan fingerprint density at radius 1 is 1.26 bits per heavy atom. The number of hydrogen-bond donors (Lipinski definition) is 1. The molecule has 1 aliphatic heterocycles. The number of rotatable bonds is 9. The van der Waals surface area contributed by atoms with Crippen LogP contribution >= 0.6 is 0 Å². The highest BCUT2D eigenvalue weighted by Crippen LogP contribution is 2.28. The largest absolute Gasteiger partial charge is 0.468 e. The molecule has 0 unspecified atom stereocenters. The van der Waals surface area contributed by atoms with E-state index in [4.69, 9.17) is 9.15 Å². The minimum atomic E-state index is -0.106. The lowest BCUT2D eigenvalue weighted by atomic mass is 10.0. The lowest BCUT2D eigenvalue weighted by Gasteiger charge is -2.29. The minimum Gasteiger partial charge on any atom is -0.468 e. The Hall–Kier alpha value is -3.30. The number of tetrazole rings is 1. The normalized spacial score (nSPS) is 17.0. The Bertz CT molecular complexity index is 1340. The number of furan rings is 1. The number of nitrogens with one attached hydrogen (secondary N) is 1. The van der Waals surface area contributed by atoms with E-state index in [9.17, 15) is 4.79 Å². The van der Waals surface area contributed by atoms with E-state index in [1.807, 2.05) is 29.8 Å². The maximum absolute atomic E-state index is 13.1. The Kier molecular flexibility index (Phi) is 6.79. The number of hydrogen-bond acceptors (Lipinski definition) is 7. The topological polar surface area (TPSA) is 102 Å². The summed E-state index contributed by atoms with van der Waals surface area (Å²) >= 11 is 0. The zero-order chi connectivity index (χ0) is 24.4. The number of nitrogens with zero attached hydrogens (tertiary/aromatic N) is 5. The van der Waals surface area contributed by atoms with Gasteiger partial charge in [0.1, 0.15) is 5.76 Å². The molecule has 3 aromatic heterocycles. The van der Waals surface area contributed by atoms with Crippen molar-refractivity contribution in [3.63, 3.8) is 0 Å². The summed E-state index contributed by atoms with van der Waals surface area (Å²) in [6.07, 6.45) is 4.65. The zero-order valence-corrected chi connectivity index (χ0v) is 20.5.